The molecule has 0 fully saturated rings. The highest BCUT2D eigenvalue weighted by Gasteiger charge is 2.45. The van der Waals surface area contributed by atoms with E-state index in [0.717, 1.165) is 16.7 Å². The lowest BCUT2D eigenvalue weighted by Gasteiger charge is -2.26. The Balaban J connectivity index is 1.66. The van der Waals surface area contributed by atoms with Gasteiger partial charge >= 0.3 is 5.97 Å². The van der Waals surface area contributed by atoms with Crippen molar-refractivity contribution in [1.82, 2.24) is 5.32 Å². The second-order valence-electron chi connectivity index (χ2n) is 6.65. The van der Waals surface area contributed by atoms with Crippen LogP contribution in [0.4, 0.5) is 0 Å². The van der Waals surface area contributed by atoms with Crippen molar-refractivity contribution in [2.45, 2.75) is 25.7 Å². The van der Waals surface area contributed by atoms with Gasteiger partial charge in [-0.05, 0) is 48.1 Å². The number of carboxylic acids is 1. The SMILES string of the molecule is O=C(O)CC1(C(=O)NCCc2ccc(O)cc2)Cc2ccccc2C1. The minimum absolute atomic E-state index is 0.174. The molecule has 0 unspecified atom stereocenters. The molecule has 0 spiro atoms. The zero-order valence-corrected chi connectivity index (χ0v) is 13.9. The van der Waals surface area contributed by atoms with Crippen molar-refractivity contribution in [2.24, 2.45) is 5.41 Å². The van der Waals surface area contributed by atoms with Crippen LogP contribution in [0.15, 0.2) is 48.5 Å². The lowest BCUT2D eigenvalue weighted by molar-refractivity contribution is -0.145. The summed E-state index contributed by atoms with van der Waals surface area (Å²) >= 11 is 0. The molecule has 0 bridgehead atoms. The normalized spacial score (nSPS) is 14.7. The number of hydrogen-bond donors (Lipinski definition) is 3. The van der Waals surface area contributed by atoms with E-state index in [2.05, 4.69) is 5.32 Å². The predicted octanol–water partition coefficient (Wildman–Crippen LogP) is 2.31. The number of aliphatic carboxylic acids is 1. The summed E-state index contributed by atoms with van der Waals surface area (Å²) < 4.78 is 0. The van der Waals surface area contributed by atoms with Crippen molar-refractivity contribution >= 4 is 11.9 Å². The zero-order valence-electron chi connectivity index (χ0n) is 13.9. The third kappa shape index (κ3) is 3.82. The molecular formula is C20H21NO4. The van der Waals surface area contributed by atoms with E-state index in [1.165, 1.54) is 0 Å². The molecular weight excluding hydrogens is 318 g/mol. The smallest absolute Gasteiger partial charge is 0.304 e. The number of aromatic hydroxyl groups is 1. The number of carbonyl (C=O) groups excluding carboxylic acids is 1. The van der Waals surface area contributed by atoms with E-state index in [1.807, 2.05) is 24.3 Å². The number of phenols is 1. The summed E-state index contributed by atoms with van der Waals surface area (Å²) in [5.74, 6) is -0.955. The number of rotatable bonds is 6. The van der Waals surface area contributed by atoms with Crippen molar-refractivity contribution in [1.29, 1.82) is 0 Å². The third-order valence-corrected chi connectivity index (χ3v) is 4.78. The number of amides is 1. The first kappa shape index (κ1) is 17.0. The Hall–Kier alpha value is -2.82. The lowest BCUT2D eigenvalue weighted by Crippen LogP contribution is -2.44. The minimum atomic E-state index is -0.957. The fourth-order valence-corrected chi connectivity index (χ4v) is 3.52. The molecule has 3 rings (SSSR count). The fraction of sp³-hybridized carbons (Fsp3) is 0.300. The molecule has 0 radical (unpaired) electrons. The van der Waals surface area contributed by atoms with Crippen LogP contribution in [0.25, 0.3) is 0 Å². The van der Waals surface area contributed by atoms with Gasteiger partial charge in [0.1, 0.15) is 5.75 Å². The van der Waals surface area contributed by atoms with Gasteiger partial charge < -0.3 is 15.5 Å². The van der Waals surface area contributed by atoms with Crippen LogP contribution in [0.2, 0.25) is 0 Å². The molecule has 130 valence electrons. The molecule has 0 atom stereocenters. The van der Waals surface area contributed by atoms with E-state index < -0.39 is 11.4 Å². The van der Waals surface area contributed by atoms with Crippen molar-refractivity contribution < 1.29 is 19.8 Å². The number of benzene rings is 2. The predicted molar refractivity (Wildman–Crippen MR) is 93.4 cm³/mol. The maximum absolute atomic E-state index is 12.8. The Morgan fingerprint density at radius 3 is 2.16 bits per heavy atom. The van der Waals surface area contributed by atoms with E-state index >= 15 is 0 Å². The molecule has 5 nitrogen and oxygen atoms in total. The van der Waals surface area contributed by atoms with E-state index in [0.29, 0.717) is 25.8 Å². The second-order valence-corrected chi connectivity index (χ2v) is 6.65. The number of phenolic OH excluding ortho intramolecular Hbond substituents is 1. The number of carbonyl (C=O) groups is 2. The Kier molecular flexibility index (Phi) is 4.74. The molecule has 0 saturated carbocycles. The largest absolute Gasteiger partial charge is 0.508 e. The number of nitrogens with one attached hydrogen (secondary N) is 1. The Bertz CT molecular complexity index is 758. The first-order valence-corrected chi connectivity index (χ1v) is 8.33. The van der Waals surface area contributed by atoms with Crippen LogP contribution in [-0.4, -0.2) is 28.6 Å². The highest BCUT2D eigenvalue weighted by atomic mass is 16.4. The molecule has 0 heterocycles. The first-order chi connectivity index (χ1) is 12.0. The van der Waals surface area contributed by atoms with Gasteiger partial charge in [-0.2, -0.15) is 0 Å². The van der Waals surface area contributed by atoms with E-state index in [9.17, 15) is 19.8 Å². The van der Waals surface area contributed by atoms with Crippen LogP contribution in [0.3, 0.4) is 0 Å². The van der Waals surface area contributed by atoms with Crippen LogP contribution in [0.1, 0.15) is 23.1 Å². The Morgan fingerprint density at radius 2 is 1.60 bits per heavy atom. The summed E-state index contributed by atoms with van der Waals surface area (Å²) in [5.41, 5.74) is 2.19. The van der Waals surface area contributed by atoms with Gasteiger partial charge in [0.2, 0.25) is 5.91 Å². The fourth-order valence-electron chi connectivity index (χ4n) is 3.52. The van der Waals surface area contributed by atoms with Crippen molar-refractivity contribution in [3.63, 3.8) is 0 Å². The molecule has 0 aliphatic heterocycles. The van der Waals surface area contributed by atoms with Gasteiger partial charge in [0.25, 0.3) is 0 Å². The zero-order chi connectivity index (χ0) is 17.9. The van der Waals surface area contributed by atoms with Crippen LogP contribution < -0.4 is 5.32 Å². The summed E-state index contributed by atoms with van der Waals surface area (Å²) in [6, 6.07) is 14.6. The molecule has 5 heteroatoms. The van der Waals surface area contributed by atoms with E-state index in [-0.39, 0.29) is 18.1 Å². The van der Waals surface area contributed by atoms with Crippen LogP contribution >= 0.6 is 0 Å². The minimum Gasteiger partial charge on any atom is -0.508 e. The summed E-state index contributed by atoms with van der Waals surface area (Å²) in [6.45, 7) is 0.432. The van der Waals surface area contributed by atoms with Gasteiger partial charge in [0, 0.05) is 6.54 Å². The van der Waals surface area contributed by atoms with E-state index in [1.54, 1.807) is 24.3 Å². The Morgan fingerprint density at radius 1 is 1.00 bits per heavy atom. The monoisotopic (exact) mass is 339 g/mol. The molecule has 25 heavy (non-hydrogen) atoms. The maximum Gasteiger partial charge on any atom is 0.304 e. The van der Waals surface area contributed by atoms with Crippen molar-refractivity contribution in [3.8, 4) is 5.75 Å². The summed E-state index contributed by atoms with van der Waals surface area (Å²) in [4.78, 5) is 24.1. The van der Waals surface area contributed by atoms with Gasteiger partial charge in [-0.3, -0.25) is 9.59 Å². The van der Waals surface area contributed by atoms with Gasteiger partial charge in [-0.15, -0.1) is 0 Å². The lowest BCUT2D eigenvalue weighted by atomic mass is 9.80. The summed E-state index contributed by atoms with van der Waals surface area (Å²) in [7, 11) is 0. The standard InChI is InChI=1S/C20H21NO4/c22-17-7-5-14(6-8-17)9-10-21-19(25)20(13-18(23)24)11-15-3-1-2-4-16(15)12-20/h1-8,22H,9-13H2,(H,21,25)(H,23,24). The first-order valence-electron chi connectivity index (χ1n) is 8.33. The second kappa shape index (κ2) is 6.97. The van der Waals surface area contributed by atoms with Crippen molar-refractivity contribution in [2.75, 3.05) is 6.54 Å². The van der Waals surface area contributed by atoms with Crippen molar-refractivity contribution in [3.05, 3.63) is 65.2 Å². The highest BCUT2D eigenvalue weighted by molar-refractivity contribution is 5.88. The number of hydrogen-bond acceptors (Lipinski definition) is 3. The maximum atomic E-state index is 12.8. The molecule has 1 aliphatic rings. The number of fused-ring (bicyclic) bond motifs is 1. The average molecular weight is 339 g/mol. The van der Waals surface area contributed by atoms with Gasteiger partial charge in [0.15, 0.2) is 0 Å². The summed E-state index contributed by atoms with van der Waals surface area (Å²) in [6.07, 6.45) is 1.37. The molecule has 1 aliphatic carbocycles. The highest BCUT2D eigenvalue weighted by Crippen LogP contribution is 2.40. The topological polar surface area (TPSA) is 86.6 Å². The molecule has 2 aromatic rings. The average Bonchev–Trinajstić information content (AvgIpc) is 2.95. The third-order valence-electron chi connectivity index (χ3n) is 4.78. The Labute approximate surface area is 146 Å². The summed E-state index contributed by atoms with van der Waals surface area (Å²) in [5, 5.41) is 21.5. The van der Waals surface area contributed by atoms with Crippen LogP contribution in [-0.2, 0) is 28.9 Å². The molecule has 1 amide bonds. The van der Waals surface area contributed by atoms with Crippen LogP contribution in [0.5, 0.6) is 5.75 Å². The van der Waals surface area contributed by atoms with Crippen LogP contribution in [0, 0.1) is 5.41 Å². The molecule has 3 N–H and O–H groups in total. The van der Waals surface area contributed by atoms with Gasteiger partial charge in [-0.1, -0.05) is 36.4 Å². The molecule has 0 saturated heterocycles. The number of carboxylic acid groups (broad SMARTS) is 1. The van der Waals surface area contributed by atoms with Gasteiger partial charge in [-0.25, -0.2) is 0 Å². The molecule has 2 aromatic carbocycles. The molecule has 0 aromatic heterocycles. The van der Waals surface area contributed by atoms with Gasteiger partial charge in [0.05, 0.1) is 11.8 Å². The van der Waals surface area contributed by atoms with E-state index in [4.69, 9.17) is 0 Å². The quantitative estimate of drug-likeness (QED) is 0.754.